The van der Waals surface area contributed by atoms with Gasteiger partial charge in [0.1, 0.15) is 23.0 Å². The van der Waals surface area contributed by atoms with Crippen LogP contribution in [0.2, 0.25) is 0 Å². The van der Waals surface area contributed by atoms with Gasteiger partial charge in [-0.1, -0.05) is 201 Å². The maximum atomic E-state index is 13.6. The molecular formula is C92H116N2O4. The molecule has 0 atom stereocenters. The molecule has 8 aromatic carbocycles. The molecule has 6 heteroatoms. The molecule has 98 heavy (non-hydrogen) atoms. The fourth-order valence-corrected chi connectivity index (χ4v) is 17.3. The van der Waals surface area contributed by atoms with Crippen molar-refractivity contribution in [1.29, 1.82) is 0 Å². The van der Waals surface area contributed by atoms with Crippen LogP contribution in [0, 0.1) is 24.7 Å². The molecular weight excluding hydrogens is 1200 g/mol. The Hall–Kier alpha value is -7.44. The minimum absolute atomic E-state index is 0.0350. The molecule has 0 saturated heterocycles. The first-order chi connectivity index (χ1) is 45.5. The average molecular weight is 1310 g/mol. The van der Waals surface area contributed by atoms with Gasteiger partial charge in [0, 0.05) is 50.2 Å². The van der Waals surface area contributed by atoms with E-state index < -0.39 is 0 Å². The second-order valence-corrected chi connectivity index (χ2v) is 37.8. The zero-order valence-electron chi connectivity index (χ0n) is 64.5. The van der Waals surface area contributed by atoms with Crippen LogP contribution < -0.4 is 9.47 Å². The Balaban J connectivity index is 0.987. The molecule has 0 spiro atoms. The Bertz CT molecular complexity index is 4630. The Morgan fingerprint density at radius 3 is 0.939 bits per heavy atom. The summed E-state index contributed by atoms with van der Waals surface area (Å²) in [5.74, 6) is 2.26. The minimum Gasteiger partial charge on any atom is -0.505 e. The third-order valence-corrected chi connectivity index (χ3v) is 21.9. The van der Waals surface area contributed by atoms with Gasteiger partial charge in [-0.15, -0.1) is 0 Å². The molecule has 12 rings (SSSR count). The summed E-state index contributed by atoms with van der Waals surface area (Å²) in [5.41, 5.74) is 23.7. The molecule has 0 aliphatic heterocycles. The number of nitrogens with zero attached hydrogens (tertiary/aromatic N) is 2. The highest BCUT2D eigenvalue weighted by atomic mass is 16.5. The zero-order chi connectivity index (χ0) is 71.1. The number of aryl methyl sites for hydroxylation is 2. The molecule has 2 heterocycles. The van der Waals surface area contributed by atoms with E-state index in [1.807, 2.05) is 0 Å². The number of hydrogen-bond donors (Lipinski definition) is 2. The SMILES string of the molecule is Cc1cc(-c2cc(C(C)(C)CC(C)(C)C)cc(-n3c4cc(C(C)(C)C)ccc4c4ccc(C(C)(C)C)cc43)c2O)c(OCCCOc2c(-c3cc(C(C)(C)CC(C)(C)C)cc(-n4c5cc(C(C)(C)C)ccc5c5ccc(C(C)(C)C)cc54)c3O)cc(C)c3c2CCC3)c2c1CCCC2. The average Bonchev–Trinajstić information content (AvgIpc) is 1.64. The van der Waals surface area contributed by atoms with Crippen LogP contribution in [0.1, 0.15) is 258 Å². The van der Waals surface area contributed by atoms with E-state index in [4.69, 9.17) is 9.47 Å². The second-order valence-electron chi connectivity index (χ2n) is 37.8. The molecule has 2 N–H and O–H groups in total. The lowest BCUT2D eigenvalue weighted by molar-refractivity contribution is 0.245. The van der Waals surface area contributed by atoms with Gasteiger partial charge in [0.25, 0.3) is 0 Å². The van der Waals surface area contributed by atoms with Crippen LogP contribution in [-0.2, 0) is 58.2 Å². The van der Waals surface area contributed by atoms with Crippen molar-refractivity contribution in [3.63, 3.8) is 0 Å². The Morgan fingerprint density at radius 1 is 0.337 bits per heavy atom. The molecule has 0 bridgehead atoms. The van der Waals surface area contributed by atoms with Gasteiger partial charge in [-0.05, 0) is 242 Å². The molecule has 0 fully saturated rings. The van der Waals surface area contributed by atoms with Crippen molar-refractivity contribution in [1.82, 2.24) is 9.13 Å². The van der Waals surface area contributed by atoms with Crippen LogP contribution >= 0.6 is 0 Å². The lowest BCUT2D eigenvalue weighted by Gasteiger charge is -2.34. The van der Waals surface area contributed by atoms with Gasteiger partial charge < -0.3 is 28.8 Å². The third kappa shape index (κ3) is 13.3. The maximum absolute atomic E-state index is 13.6. The Labute approximate surface area is 588 Å². The molecule has 0 radical (unpaired) electrons. The molecule has 2 aliphatic rings. The van der Waals surface area contributed by atoms with Crippen molar-refractivity contribution < 1.29 is 19.7 Å². The number of rotatable bonds is 14. The highest BCUT2D eigenvalue weighted by Gasteiger charge is 2.36. The highest BCUT2D eigenvalue weighted by molar-refractivity contribution is 6.11. The first-order valence-electron chi connectivity index (χ1n) is 37.0. The standard InChI is InChI=1S/C92H116N2O4/c1-55-43-73(71-45-61(91(21,22)53-85(3,4)5)51-79(81(71)95)93-75-47-57(87(9,10)11)33-37-65(75)66-38-34-58(48-76(66)93)88(12,13)14)83(69-30-26-25-29-63(55)69)97-41-28-42-98-84-70-32-27-31-64(70)56(2)44-74(84)72-46-62(92(23,24)54-86(6,7)8)52-80(82(72)96)94-77-49-59(89(15,16)17)35-39-67(77)68-40-36-60(50-78(68)94)90(18,19)20/h33-40,43-52,95-96H,25-32,41-42,53-54H2,1-24H3. The van der Waals surface area contributed by atoms with E-state index in [0.29, 0.717) is 19.6 Å². The van der Waals surface area contributed by atoms with Gasteiger partial charge in [-0.25, -0.2) is 0 Å². The van der Waals surface area contributed by atoms with Crippen LogP contribution in [0.25, 0.3) is 77.2 Å². The number of phenols is 2. The molecule has 2 aliphatic carbocycles. The number of fused-ring (bicyclic) bond motifs is 8. The van der Waals surface area contributed by atoms with Crippen molar-refractivity contribution in [2.24, 2.45) is 10.8 Å². The minimum atomic E-state index is -0.266. The predicted molar refractivity (Wildman–Crippen MR) is 419 cm³/mol. The lowest BCUT2D eigenvalue weighted by atomic mass is 9.71. The van der Waals surface area contributed by atoms with E-state index in [1.165, 1.54) is 88.3 Å². The van der Waals surface area contributed by atoms with Crippen LogP contribution in [0.4, 0.5) is 0 Å². The summed E-state index contributed by atoms with van der Waals surface area (Å²) in [4.78, 5) is 0. The topological polar surface area (TPSA) is 68.8 Å². The molecule has 2 aromatic heterocycles. The number of ether oxygens (including phenoxy) is 2. The molecule has 10 aromatic rings. The number of aromatic nitrogens is 2. The third-order valence-electron chi connectivity index (χ3n) is 21.9. The fourth-order valence-electron chi connectivity index (χ4n) is 17.3. The summed E-state index contributed by atoms with van der Waals surface area (Å²) in [7, 11) is 0. The highest BCUT2D eigenvalue weighted by Crippen LogP contribution is 2.53. The van der Waals surface area contributed by atoms with Gasteiger partial charge in [0.05, 0.1) is 46.7 Å². The van der Waals surface area contributed by atoms with E-state index in [1.54, 1.807) is 0 Å². The first-order valence-corrected chi connectivity index (χ1v) is 37.0. The Kier molecular flexibility index (Phi) is 17.8. The van der Waals surface area contributed by atoms with Gasteiger partial charge in [-0.3, -0.25) is 0 Å². The van der Waals surface area contributed by atoms with E-state index in [2.05, 4.69) is 284 Å². The monoisotopic (exact) mass is 1310 g/mol. The number of phenolic OH excluding ortho intramolecular Hbond substituents is 2. The number of benzene rings is 8. The van der Waals surface area contributed by atoms with Crippen LogP contribution in [0.3, 0.4) is 0 Å². The van der Waals surface area contributed by atoms with Crippen molar-refractivity contribution in [2.45, 2.75) is 263 Å². The molecule has 518 valence electrons. The summed E-state index contributed by atoms with van der Waals surface area (Å²) in [6, 6.07) is 41.7. The maximum Gasteiger partial charge on any atom is 0.147 e. The summed E-state index contributed by atoms with van der Waals surface area (Å²) in [6.45, 7) is 56.3. The van der Waals surface area contributed by atoms with E-state index in [0.717, 1.165) is 125 Å². The van der Waals surface area contributed by atoms with Crippen molar-refractivity contribution in [3.05, 3.63) is 176 Å². The van der Waals surface area contributed by atoms with Crippen LogP contribution in [0.15, 0.2) is 109 Å². The van der Waals surface area contributed by atoms with Gasteiger partial charge >= 0.3 is 0 Å². The fraction of sp³-hybridized carbons (Fsp3) is 0.478. The smallest absolute Gasteiger partial charge is 0.147 e. The van der Waals surface area contributed by atoms with Gasteiger partial charge in [0.15, 0.2) is 0 Å². The molecule has 6 nitrogen and oxygen atoms in total. The lowest BCUT2D eigenvalue weighted by Crippen LogP contribution is -2.25. The second kappa shape index (κ2) is 24.7. The van der Waals surface area contributed by atoms with Gasteiger partial charge in [0.2, 0.25) is 0 Å². The van der Waals surface area contributed by atoms with E-state index in [9.17, 15) is 10.2 Å². The van der Waals surface area contributed by atoms with E-state index >= 15 is 0 Å². The van der Waals surface area contributed by atoms with Gasteiger partial charge in [-0.2, -0.15) is 0 Å². The summed E-state index contributed by atoms with van der Waals surface area (Å²) in [6.07, 6.45) is 9.61. The quantitative estimate of drug-likeness (QED) is 0.106. The van der Waals surface area contributed by atoms with Crippen LogP contribution in [-0.4, -0.2) is 32.6 Å². The van der Waals surface area contributed by atoms with E-state index in [-0.39, 0.29) is 54.8 Å². The molecule has 0 saturated carbocycles. The predicted octanol–water partition coefficient (Wildman–Crippen LogP) is 25.1. The van der Waals surface area contributed by atoms with Crippen molar-refractivity contribution in [3.8, 4) is 56.6 Å². The number of aromatic hydroxyl groups is 2. The largest absolute Gasteiger partial charge is 0.505 e. The summed E-state index contributed by atoms with van der Waals surface area (Å²) in [5, 5.41) is 31.9. The molecule has 0 unspecified atom stereocenters. The number of hydrogen-bond acceptors (Lipinski definition) is 4. The van der Waals surface area contributed by atoms with Crippen molar-refractivity contribution >= 4 is 43.6 Å². The van der Waals surface area contributed by atoms with Crippen molar-refractivity contribution in [2.75, 3.05) is 13.2 Å². The Morgan fingerprint density at radius 2 is 0.633 bits per heavy atom. The summed E-state index contributed by atoms with van der Waals surface area (Å²) >= 11 is 0. The molecule has 0 amide bonds. The first kappa shape index (κ1) is 70.4. The zero-order valence-corrected chi connectivity index (χ0v) is 64.5. The normalized spacial score (nSPS) is 14.5. The van der Waals surface area contributed by atoms with Crippen LogP contribution in [0.5, 0.6) is 23.0 Å². The summed E-state index contributed by atoms with van der Waals surface area (Å²) < 4.78 is 19.5.